The van der Waals surface area contributed by atoms with Crippen molar-refractivity contribution in [2.45, 2.75) is 29.9 Å². The number of anilines is 2. The lowest BCUT2D eigenvalue weighted by molar-refractivity contribution is -0.132. The molecule has 12 heteroatoms. The molecule has 2 saturated heterocycles. The zero-order valence-corrected chi connectivity index (χ0v) is 28.3. The maximum absolute atomic E-state index is 13.8. The van der Waals surface area contributed by atoms with E-state index in [1.165, 1.54) is 12.8 Å². The van der Waals surface area contributed by atoms with Crippen molar-refractivity contribution < 1.29 is 9.59 Å². The van der Waals surface area contributed by atoms with Gasteiger partial charge in [-0.15, -0.1) is 11.8 Å². The van der Waals surface area contributed by atoms with Crippen LogP contribution >= 0.6 is 11.8 Å². The van der Waals surface area contributed by atoms with Crippen molar-refractivity contribution >= 4 is 45.9 Å². The lowest BCUT2D eigenvalue weighted by Gasteiger charge is -2.37. The molecule has 11 nitrogen and oxygen atoms in total. The Kier molecular flexibility index (Phi) is 8.50. The molecule has 0 radical (unpaired) electrons. The Morgan fingerprint density at radius 2 is 1.71 bits per heavy atom. The zero-order valence-electron chi connectivity index (χ0n) is 27.5. The summed E-state index contributed by atoms with van der Waals surface area (Å²) < 4.78 is -0.631. The summed E-state index contributed by atoms with van der Waals surface area (Å²) in [5, 5.41) is 11.9. The number of aromatic nitrogens is 5. The van der Waals surface area contributed by atoms with Crippen LogP contribution in [0.1, 0.15) is 30.9 Å². The third kappa shape index (κ3) is 6.50. The quantitative estimate of drug-likeness (QED) is 0.221. The van der Waals surface area contributed by atoms with E-state index in [1.54, 1.807) is 24.2 Å². The number of fused-ring (bicyclic) bond motifs is 1. The van der Waals surface area contributed by atoms with Crippen molar-refractivity contribution in [1.82, 2.24) is 34.9 Å². The number of benzene rings is 2. The van der Waals surface area contributed by atoms with Gasteiger partial charge in [0, 0.05) is 97.4 Å². The van der Waals surface area contributed by atoms with Gasteiger partial charge in [0.05, 0.1) is 12.1 Å². The standard InChI is InChI=1S/C37H39N9O2S/c1-49-37(36(48)41-28-7-10-31-30(22-28)34(43-42-31)27-11-15-38-32(21-27)25-3-4-25)12-16-44(24-37)23-33(47)46-19-17-45(18-20-46)29-8-5-26(6-9-29)35-39-13-2-14-40-35/h2,5-11,13-15,21-22,25H,3-4,12,16-20,23-24H2,1H3,(H,41,48)(H,42,43)/t37-/m0/s1. The molecule has 1 aliphatic carbocycles. The fraction of sp³-hybridized carbons (Fsp3) is 0.351. The molecule has 250 valence electrons. The fourth-order valence-electron chi connectivity index (χ4n) is 6.97. The minimum absolute atomic E-state index is 0.0299. The number of carbonyl (C=O) groups excluding carboxylic acids is 2. The largest absolute Gasteiger partial charge is 0.368 e. The number of thioether (sulfide) groups is 1. The first-order chi connectivity index (χ1) is 24.0. The molecule has 8 rings (SSSR count). The Hall–Kier alpha value is -4.81. The predicted octanol–water partition coefficient (Wildman–Crippen LogP) is 5.05. The molecule has 2 aromatic carbocycles. The number of H-pyrrole nitrogens is 1. The van der Waals surface area contributed by atoms with E-state index < -0.39 is 4.75 Å². The van der Waals surface area contributed by atoms with Gasteiger partial charge in [0.1, 0.15) is 10.4 Å². The van der Waals surface area contributed by atoms with Gasteiger partial charge >= 0.3 is 0 Å². The molecule has 3 aromatic heterocycles. The Bertz CT molecular complexity index is 1970. The number of carbonyl (C=O) groups is 2. The highest BCUT2D eigenvalue weighted by atomic mass is 32.2. The molecule has 3 fully saturated rings. The van der Waals surface area contributed by atoms with Crippen LogP contribution in [-0.4, -0.2) is 104 Å². The molecule has 2 N–H and O–H groups in total. The van der Waals surface area contributed by atoms with Crippen LogP contribution in [0, 0.1) is 0 Å². The van der Waals surface area contributed by atoms with E-state index in [1.807, 2.05) is 59.8 Å². The van der Waals surface area contributed by atoms with Crippen LogP contribution in [0.15, 0.2) is 79.3 Å². The van der Waals surface area contributed by atoms with Gasteiger partial charge in [-0.2, -0.15) is 5.10 Å². The number of pyridine rings is 1. The van der Waals surface area contributed by atoms with E-state index in [2.05, 4.69) is 58.5 Å². The predicted molar refractivity (Wildman–Crippen MR) is 193 cm³/mol. The molecule has 2 aliphatic heterocycles. The number of piperazine rings is 1. The third-order valence-electron chi connectivity index (χ3n) is 10.0. The number of hydrogen-bond acceptors (Lipinski definition) is 9. The Labute approximate surface area is 289 Å². The summed E-state index contributed by atoms with van der Waals surface area (Å²) in [5.74, 6) is 1.35. The molecule has 49 heavy (non-hydrogen) atoms. The summed E-state index contributed by atoms with van der Waals surface area (Å²) in [4.78, 5) is 46.8. The number of nitrogens with zero attached hydrogens (tertiary/aromatic N) is 7. The van der Waals surface area contributed by atoms with Gasteiger partial charge in [-0.1, -0.05) is 0 Å². The summed E-state index contributed by atoms with van der Waals surface area (Å²) in [6.45, 7) is 4.44. The summed E-state index contributed by atoms with van der Waals surface area (Å²) in [6, 6.07) is 20.1. The van der Waals surface area contributed by atoms with Crippen molar-refractivity contribution in [1.29, 1.82) is 0 Å². The first-order valence-electron chi connectivity index (χ1n) is 16.9. The Balaban J connectivity index is 0.868. The molecule has 0 spiro atoms. The molecule has 0 unspecified atom stereocenters. The van der Waals surface area contributed by atoms with Crippen molar-refractivity contribution in [3.05, 3.63) is 84.9 Å². The van der Waals surface area contributed by atoms with Gasteiger partial charge in [0.15, 0.2) is 5.82 Å². The number of hydrogen-bond donors (Lipinski definition) is 2. The second kappa shape index (κ2) is 13.2. The highest BCUT2D eigenvalue weighted by Gasteiger charge is 2.45. The van der Waals surface area contributed by atoms with Crippen LogP contribution in [0.3, 0.4) is 0 Å². The van der Waals surface area contributed by atoms with E-state index in [-0.39, 0.29) is 11.8 Å². The number of amides is 2. The van der Waals surface area contributed by atoms with Gasteiger partial charge in [-0.25, -0.2) is 9.97 Å². The highest BCUT2D eigenvalue weighted by Crippen LogP contribution is 2.40. The topological polar surface area (TPSA) is 123 Å². The monoisotopic (exact) mass is 673 g/mol. The van der Waals surface area contributed by atoms with E-state index in [0.717, 1.165) is 57.9 Å². The van der Waals surface area contributed by atoms with E-state index >= 15 is 0 Å². The number of nitrogens with one attached hydrogen (secondary N) is 2. The van der Waals surface area contributed by atoms with Gasteiger partial charge in [0.25, 0.3) is 0 Å². The van der Waals surface area contributed by atoms with Crippen molar-refractivity contribution in [2.75, 3.05) is 62.3 Å². The Morgan fingerprint density at radius 1 is 0.918 bits per heavy atom. The Morgan fingerprint density at radius 3 is 2.47 bits per heavy atom. The SMILES string of the molecule is CS[C@@]1(C(=O)Nc2ccc3[nH]nc(-c4ccnc(C5CC5)c4)c3c2)CCN(CC(=O)N2CCN(c3ccc(-c4ncccn4)cc3)CC2)C1. The summed E-state index contributed by atoms with van der Waals surface area (Å²) in [7, 11) is 0. The molecule has 2 amide bonds. The van der Waals surface area contributed by atoms with E-state index in [0.29, 0.717) is 50.9 Å². The lowest BCUT2D eigenvalue weighted by atomic mass is 10.1. The molecule has 1 saturated carbocycles. The second-order valence-electron chi connectivity index (χ2n) is 13.2. The smallest absolute Gasteiger partial charge is 0.241 e. The van der Waals surface area contributed by atoms with Crippen molar-refractivity contribution in [2.24, 2.45) is 0 Å². The zero-order chi connectivity index (χ0) is 33.4. The van der Waals surface area contributed by atoms with Gasteiger partial charge in [-0.05, 0) is 86.2 Å². The first-order valence-corrected chi connectivity index (χ1v) is 18.1. The van der Waals surface area contributed by atoms with Crippen LogP contribution in [-0.2, 0) is 9.59 Å². The maximum atomic E-state index is 13.8. The average Bonchev–Trinajstić information content (AvgIpc) is 3.79. The number of aromatic amines is 1. The summed E-state index contributed by atoms with van der Waals surface area (Å²) in [6.07, 6.45) is 10.4. The summed E-state index contributed by atoms with van der Waals surface area (Å²) >= 11 is 1.57. The number of likely N-dealkylation sites (tertiary alicyclic amines) is 1. The lowest BCUT2D eigenvalue weighted by Crippen LogP contribution is -2.51. The van der Waals surface area contributed by atoms with Gasteiger partial charge in [-0.3, -0.25) is 24.6 Å². The molecule has 1 atom stereocenters. The van der Waals surface area contributed by atoms with E-state index in [4.69, 9.17) is 0 Å². The van der Waals surface area contributed by atoms with Gasteiger partial charge < -0.3 is 15.1 Å². The summed E-state index contributed by atoms with van der Waals surface area (Å²) in [5.41, 5.74) is 6.77. The minimum atomic E-state index is -0.631. The number of rotatable bonds is 9. The highest BCUT2D eigenvalue weighted by molar-refractivity contribution is 8.00. The van der Waals surface area contributed by atoms with Crippen LogP contribution in [0.5, 0.6) is 0 Å². The molecule has 3 aliphatic rings. The van der Waals surface area contributed by atoms with Crippen LogP contribution in [0.4, 0.5) is 11.4 Å². The second-order valence-corrected chi connectivity index (χ2v) is 14.4. The first kappa shape index (κ1) is 31.5. The molecule has 5 aromatic rings. The molecular formula is C37H39N9O2S. The van der Waals surface area contributed by atoms with E-state index in [9.17, 15) is 9.59 Å². The minimum Gasteiger partial charge on any atom is -0.368 e. The maximum Gasteiger partial charge on any atom is 0.241 e. The van der Waals surface area contributed by atoms with Crippen LogP contribution in [0.2, 0.25) is 0 Å². The molecule has 5 heterocycles. The fourth-order valence-corrected chi connectivity index (χ4v) is 7.81. The third-order valence-corrected chi connectivity index (χ3v) is 11.3. The molecule has 0 bridgehead atoms. The van der Waals surface area contributed by atoms with Crippen LogP contribution < -0.4 is 10.2 Å². The van der Waals surface area contributed by atoms with Crippen molar-refractivity contribution in [3.63, 3.8) is 0 Å². The molecular weight excluding hydrogens is 635 g/mol. The normalized spacial score (nSPS) is 19.8. The van der Waals surface area contributed by atoms with Crippen LogP contribution in [0.25, 0.3) is 33.5 Å². The van der Waals surface area contributed by atoms with Gasteiger partial charge in [0.2, 0.25) is 11.8 Å². The van der Waals surface area contributed by atoms with Crippen molar-refractivity contribution in [3.8, 4) is 22.6 Å². The average molecular weight is 674 g/mol.